The lowest BCUT2D eigenvalue weighted by Gasteiger charge is -2.27. The second-order valence-electron chi connectivity index (χ2n) is 8.51. The zero-order valence-corrected chi connectivity index (χ0v) is 21.5. The van der Waals surface area contributed by atoms with Crippen molar-refractivity contribution in [3.63, 3.8) is 0 Å². The number of carbonyl (C=O) groups excluding carboxylic acids is 1. The SMILES string of the molecule is CCS(=O)(=O)c1cnc(CC(=O)Nc2nc3c(s2)CN(Cc2ccc(Cl)cc2)[C@H]3C(C)C)nc1. The lowest BCUT2D eigenvalue weighted by atomic mass is 10.0. The largest absolute Gasteiger partial charge is 0.302 e. The van der Waals surface area contributed by atoms with Crippen LogP contribution >= 0.6 is 22.9 Å². The summed E-state index contributed by atoms with van der Waals surface area (Å²) in [5, 5.41) is 4.12. The van der Waals surface area contributed by atoms with Crippen LogP contribution in [0.3, 0.4) is 0 Å². The maximum Gasteiger partial charge on any atom is 0.233 e. The van der Waals surface area contributed by atoms with Gasteiger partial charge >= 0.3 is 0 Å². The average molecular weight is 520 g/mol. The number of sulfone groups is 1. The molecule has 4 rings (SSSR count). The Hall–Kier alpha value is -2.40. The van der Waals surface area contributed by atoms with Crippen LogP contribution in [0.4, 0.5) is 5.13 Å². The Morgan fingerprint density at radius 3 is 2.53 bits per heavy atom. The summed E-state index contributed by atoms with van der Waals surface area (Å²) in [5.41, 5.74) is 2.20. The van der Waals surface area contributed by atoms with Gasteiger partial charge in [0.05, 0.1) is 23.9 Å². The third-order valence-electron chi connectivity index (χ3n) is 5.66. The second-order valence-corrected chi connectivity index (χ2v) is 12.3. The fourth-order valence-corrected chi connectivity index (χ4v) is 5.93. The first-order chi connectivity index (χ1) is 16.2. The third kappa shape index (κ3) is 5.46. The molecule has 1 amide bonds. The highest BCUT2D eigenvalue weighted by atomic mass is 35.5. The van der Waals surface area contributed by atoms with Crippen molar-refractivity contribution in [3.8, 4) is 0 Å². The summed E-state index contributed by atoms with van der Waals surface area (Å²) in [6.45, 7) is 7.47. The maximum absolute atomic E-state index is 12.5. The predicted octanol–water partition coefficient (Wildman–Crippen LogP) is 4.27. The number of amides is 1. The van der Waals surface area contributed by atoms with Crippen molar-refractivity contribution in [1.82, 2.24) is 19.9 Å². The summed E-state index contributed by atoms with van der Waals surface area (Å²) in [6, 6.07) is 8.04. The standard InChI is InChI=1S/C23H26ClN5O3S2/c1-4-34(31,32)17-10-25-19(26-11-17)9-20(30)27-23-28-21-18(33-23)13-29(22(21)14(2)3)12-15-5-7-16(24)8-6-15/h5-8,10-11,14,22H,4,9,12-13H2,1-3H3,(H,27,28,30)/t22-/m0/s1. The number of aromatic nitrogens is 3. The molecule has 0 radical (unpaired) electrons. The maximum atomic E-state index is 12.5. The predicted molar refractivity (Wildman–Crippen MR) is 132 cm³/mol. The molecule has 0 saturated carbocycles. The number of nitrogens with zero attached hydrogens (tertiary/aromatic N) is 4. The lowest BCUT2D eigenvalue weighted by Crippen LogP contribution is -2.26. The molecule has 2 aromatic heterocycles. The zero-order chi connectivity index (χ0) is 24.5. The topological polar surface area (TPSA) is 105 Å². The number of fused-ring (bicyclic) bond motifs is 1. The van der Waals surface area contributed by atoms with E-state index in [0.29, 0.717) is 11.0 Å². The number of carbonyl (C=O) groups is 1. The molecular weight excluding hydrogens is 494 g/mol. The number of benzene rings is 1. The molecule has 180 valence electrons. The first kappa shape index (κ1) is 24.7. The van der Waals surface area contributed by atoms with E-state index in [-0.39, 0.29) is 34.8 Å². The van der Waals surface area contributed by atoms with Gasteiger partial charge in [-0.15, -0.1) is 11.3 Å². The van der Waals surface area contributed by atoms with Crippen LogP contribution in [0.5, 0.6) is 0 Å². The molecule has 34 heavy (non-hydrogen) atoms. The summed E-state index contributed by atoms with van der Waals surface area (Å²) in [7, 11) is -3.37. The van der Waals surface area contributed by atoms with Crippen molar-refractivity contribution in [2.45, 2.75) is 51.2 Å². The molecule has 11 heteroatoms. The number of rotatable bonds is 8. The second kappa shape index (κ2) is 10.1. The molecule has 0 saturated heterocycles. The van der Waals surface area contributed by atoms with Crippen LogP contribution in [0.25, 0.3) is 0 Å². The minimum absolute atomic E-state index is 0.0284. The monoisotopic (exact) mass is 519 g/mol. The summed E-state index contributed by atoms with van der Waals surface area (Å²) < 4.78 is 23.8. The van der Waals surface area contributed by atoms with Gasteiger partial charge in [-0.2, -0.15) is 0 Å². The molecule has 3 aromatic rings. The molecule has 1 atom stereocenters. The molecule has 1 N–H and O–H groups in total. The van der Waals surface area contributed by atoms with Gasteiger partial charge in [0.15, 0.2) is 15.0 Å². The van der Waals surface area contributed by atoms with E-state index in [0.717, 1.165) is 28.7 Å². The minimum atomic E-state index is -3.37. The Labute approximate surface area is 208 Å². The molecule has 3 heterocycles. The molecule has 8 nitrogen and oxygen atoms in total. The van der Waals surface area contributed by atoms with E-state index in [4.69, 9.17) is 16.6 Å². The van der Waals surface area contributed by atoms with Crippen molar-refractivity contribution in [2.24, 2.45) is 5.92 Å². The molecule has 0 spiro atoms. The van der Waals surface area contributed by atoms with Gasteiger partial charge in [0, 0.05) is 35.4 Å². The minimum Gasteiger partial charge on any atom is -0.302 e. The molecule has 0 unspecified atom stereocenters. The van der Waals surface area contributed by atoms with Gasteiger partial charge in [-0.3, -0.25) is 9.69 Å². The van der Waals surface area contributed by atoms with Crippen LogP contribution in [0.2, 0.25) is 5.02 Å². The van der Waals surface area contributed by atoms with Crippen molar-refractivity contribution in [3.05, 3.63) is 63.6 Å². The number of hydrogen-bond acceptors (Lipinski definition) is 8. The van der Waals surface area contributed by atoms with Crippen LogP contribution in [0.1, 0.15) is 48.8 Å². The molecule has 0 aliphatic carbocycles. The van der Waals surface area contributed by atoms with E-state index in [2.05, 4.69) is 34.0 Å². The molecule has 1 aromatic carbocycles. The van der Waals surface area contributed by atoms with Crippen LogP contribution in [0.15, 0.2) is 41.6 Å². The van der Waals surface area contributed by atoms with Crippen molar-refractivity contribution < 1.29 is 13.2 Å². The van der Waals surface area contributed by atoms with E-state index in [1.54, 1.807) is 6.92 Å². The van der Waals surface area contributed by atoms with Crippen molar-refractivity contribution >= 4 is 43.8 Å². The lowest BCUT2D eigenvalue weighted by molar-refractivity contribution is -0.115. The average Bonchev–Trinajstić information content (AvgIpc) is 3.31. The van der Waals surface area contributed by atoms with E-state index in [9.17, 15) is 13.2 Å². The van der Waals surface area contributed by atoms with Crippen molar-refractivity contribution in [2.75, 3.05) is 11.1 Å². The Kier molecular flexibility index (Phi) is 7.32. The molecule has 0 bridgehead atoms. The Morgan fingerprint density at radius 2 is 1.91 bits per heavy atom. The first-order valence-electron chi connectivity index (χ1n) is 11.0. The van der Waals surface area contributed by atoms with Crippen LogP contribution in [0, 0.1) is 5.92 Å². The highest BCUT2D eigenvalue weighted by Gasteiger charge is 2.36. The van der Waals surface area contributed by atoms with Gasteiger partial charge in [-0.25, -0.2) is 23.4 Å². The third-order valence-corrected chi connectivity index (χ3v) is 8.58. The normalized spacial score (nSPS) is 16.1. The van der Waals surface area contributed by atoms with E-state index in [1.165, 1.54) is 29.3 Å². The first-order valence-corrected chi connectivity index (χ1v) is 13.8. The zero-order valence-electron chi connectivity index (χ0n) is 19.2. The quantitative estimate of drug-likeness (QED) is 0.473. The fourth-order valence-electron chi connectivity index (χ4n) is 4.00. The number of halogens is 1. The number of thiazole rings is 1. The molecule has 1 aliphatic rings. The molecular formula is C23H26ClN5O3S2. The van der Waals surface area contributed by atoms with Gasteiger partial charge in [0.2, 0.25) is 5.91 Å². The van der Waals surface area contributed by atoms with Crippen molar-refractivity contribution in [1.29, 1.82) is 0 Å². The smallest absolute Gasteiger partial charge is 0.233 e. The molecule has 0 fully saturated rings. The van der Waals surface area contributed by atoms with E-state index < -0.39 is 9.84 Å². The van der Waals surface area contributed by atoms with E-state index in [1.807, 2.05) is 24.3 Å². The number of anilines is 1. The molecule has 1 aliphatic heterocycles. The Morgan fingerprint density at radius 1 is 1.24 bits per heavy atom. The summed E-state index contributed by atoms with van der Waals surface area (Å²) in [4.78, 5) is 28.9. The van der Waals surface area contributed by atoms with Crippen LogP contribution in [-0.4, -0.2) is 39.9 Å². The Balaban J connectivity index is 1.41. The highest BCUT2D eigenvalue weighted by molar-refractivity contribution is 7.91. The van der Waals surface area contributed by atoms with Gasteiger partial charge in [0.1, 0.15) is 10.7 Å². The van der Waals surface area contributed by atoms with Crippen LogP contribution < -0.4 is 5.32 Å². The van der Waals surface area contributed by atoms with Gasteiger partial charge < -0.3 is 5.32 Å². The van der Waals surface area contributed by atoms with Gasteiger partial charge in [-0.1, -0.05) is 44.5 Å². The number of nitrogens with one attached hydrogen (secondary N) is 1. The van der Waals surface area contributed by atoms with Gasteiger partial charge in [-0.05, 0) is 23.6 Å². The summed E-state index contributed by atoms with van der Waals surface area (Å²) in [6.07, 6.45) is 2.43. The fraction of sp³-hybridized carbons (Fsp3) is 0.391. The van der Waals surface area contributed by atoms with Gasteiger partial charge in [0.25, 0.3) is 0 Å². The summed E-state index contributed by atoms with van der Waals surface area (Å²) in [5.74, 6) is 0.286. The van der Waals surface area contributed by atoms with Crippen LogP contribution in [-0.2, 0) is 34.1 Å². The number of hydrogen-bond donors (Lipinski definition) is 1. The highest BCUT2D eigenvalue weighted by Crippen LogP contribution is 2.43. The van der Waals surface area contributed by atoms with E-state index >= 15 is 0 Å². The Bertz CT molecular complexity index is 1270. The summed E-state index contributed by atoms with van der Waals surface area (Å²) >= 11 is 7.50.